The summed E-state index contributed by atoms with van der Waals surface area (Å²) in [5.41, 5.74) is 2.69. The second-order valence-corrected chi connectivity index (χ2v) is 6.65. The van der Waals surface area contributed by atoms with Crippen LogP contribution in [0.15, 0.2) is 60.8 Å². The molecule has 0 unspecified atom stereocenters. The summed E-state index contributed by atoms with van der Waals surface area (Å²) < 4.78 is 7.49. The number of hydrogen-bond acceptors (Lipinski definition) is 4. The third kappa shape index (κ3) is 4.08. The van der Waals surface area contributed by atoms with Crippen LogP contribution in [-0.4, -0.2) is 39.0 Å². The van der Waals surface area contributed by atoms with Gasteiger partial charge in [-0.3, -0.25) is 0 Å². The van der Waals surface area contributed by atoms with Crippen LogP contribution >= 0.6 is 0 Å². The minimum atomic E-state index is -0.0930. The van der Waals surface area contributed by atoms with Gasteiger partial charge in [-0.25, -0.2) is 9.48 Å². The van der Waals surface area contributed by atoms with Crippen molar-refractivity contribution in [3.8, 4) is 5.75 Å². The molecule has 0 atom stereocenters. The normalized spacial score (nSPS) is 13.9. The monoisotopic (exact) mass is 363 g/mol. The number of hydrogen-bond donors (Lipinski definition) is 1. The molecule has 2 heterocycles. The van der Waals surface area contributed by atoms with Crippen LogP contribution in [0.4, 0.5) is 10.5 Å². The highest BCUT2D eigenvalue weighted by Crippen LogP contribution is 2.22. The zero-order valence-corrected chi connectivity index (χ0v) is 15.1. The molecule has 2 aromatic carbocycles. The quantitative estimate of drug-likeness (QED) is 0.755. The minimum Gasteiger partial charge on any atom is -0.487 e. The molecule has 4 rings (SSSR count). The fourth-order valence-electron chi connectivity index (χ4n) is 2.95. The lowest BCUT2D eigenvalue weighted by molar-refractivity contribution is 0.127. The molecular formula is C20H21N5O2. The van der Waals surface area contributed by atoms with Crippen molar-refractivity contribution in [3.05, 3.63) is 72.1 Å². The molecule has 1 saturated heterocycles. The van der Waals surface area contributed by atoms with Crippen molar-refractivity contribution in [1.82, 2.24) is 19.9 Å². The number of aromatic nitrogens is 3. The van der Waals surface area contributed by atoms with Crippen LogP contribution in [0.1, 0.15) is 17.3 Å². The first kappa shape index (κ1) is 17.1. The Labute approximate surface area is 157 Å². The second-order valence-electron chi connectivity index (χ2n) is 6.65. The van der Waals surface area contributed by atoms with Gasteiger partial charge >= 0.3 is 6.03 Å². The van der Waals surface area contributed by atoms with Crippen LogP contribution in [0.3, 0.4) is 0 Å². The summed E-state index contributed by atoms with van der Waals surface area (Å²) in [5, 5.41) is 11.2. The van der Waals surface area contributed by atoms with Gasteiger partial charge in [-0.15, -0.1) is 5.10 Å². The number of carbonyl (C=O) groups excluding carboxylic acids is 1. The number of nitrogens with zero attached hydrogens (tertiary/aromatic N) is 4. The predicted octanol–water partition coefficient (Wildman–Crippen LogP) is 3.25. The average Bonchev–Trinajstić information content (AvgIpc) is 3.08. The summed E-state index contributed by atoms with van der Waals surface area (Å²) in [6.45, 7) is 3.59. The zero-order chi connectivity index (χ0) is 18.6. The molecule has 0 bridgehead atoms. The van der Waals surface area contributed by atoms with E-state index in [9.17, 15) is 4.79 Å². The van der Waals surface area contributed by atoms with Gasteiger partial charge in [0.15, 0.2) is 0 Å². The third-order valence-corrected chi connectivity index (χ3v) is 4.48. The number of ether oxygens (including phenoxy) is 1. The molecule has 138 valence electrons. The fourth-order valence-corrected chi connectivity index (χ4v) is 2.95. The summed E-state index contributed by atoms with van der Waals surface area (Å²) in [7, 11) is 0. The van der Waals surface area contributed by atoms with E-state index >= 15 is 0 Å². The summed E-state index contributed by atoms with van der Waals surface area (Å²) in [6, 6.07) is 17.4. The largest absolute Gasteiger partial charge is 0.487 e. The first-order chi connectivity index (χ1) is 13.2. The van der Waals surface area contributed by atoms with Crippen molar-refractivity contribution in [3.63, 3.8) is 0 Å². The Bertz CT molecular complexity index is 919. The second kappa shape index (κ2) is 7.49. The molecule has 1 N–H and O–H groups in total. The summed E-state index contributed by atoms with van der Waals surface area (Å²) in [6.07, 6.45) is 1.88. The number of anilines is 1. The number of aryl methyl sites for hydroxylation is 1. The lowest BCUT2D eigenvalue weighted by Crippen LogP contribution is -2.52. The van der Waals surface area contributed by atoms with Gasteiger partial charge in [-0.1, -0.05) is 35.5 Å². The fraction of sp³-hybridized carbons (Fsp3) is 0.250. The van der Waals surface area contributed by atoms with Crippen LogP contribution in [0, 0.1) is 6.92 Å². The van der Waals surface area contributed by atoms with Crippen molar-refractivity contribution < 1.29 is 9.53 Å². The van der Waals surface area contributed by atoms with Crippen LogP contribution in [0.5, 0.6) is 5.75 Å². The maximum Gasteiger partial charge on any atom is 0.321 e. The van der Waals surface area contributed by atoms with Gasteiger partial charge in [0.1, 0.15) is 18.1 Å². The molecule has 0 saturated carbocycles. The zero-order valence-electron chi connectivity index (χ0n) is 15.1. The summed E-state index contributed by atoms with van der Waals surface area (Å²) in [5.74, 6) is 0.801. The SMILES string of the molecule is Cc1cccc(NC(=O)N2CC(n3cc(COc4ccccc4)nn3)C2)c1. The average molecular weight is 363 g/mol. The highest BCUT2D eigenvalue weighted by molar-refractivity contribution is 5.89. The molecule has 7 nitrogen and oxygen atoms in total. The maximum absolute atomic E-state index is 12.3. The standard InChI is InChI=1S/C20H21N5O2/c1-15-6-5-7-16(10-15)21-20(26)24-12-18(13-24)25-11-17(22-23-25)14-27-19-8-3-2-4-9-19/h2-11,18H,12-14H2,1H3,(H,21,26). The molecule has 1 aliphatic rings. The number of carbonyl (C=O) groups is 1. The molecule has 1 aromatic heterocycles. The molecule has 3 aromatic rings. The molecule has 7 heteroatoms. The molecule has 2 amide bonds. The van der Waals surface area contributed by atoms with Crippen LogP contribution in [0.25, 0.3) is 0 Å². The first-order valence-corrected chi connectivity index (χ1v) is 8.88. The summed E-state index contributed by atoms with van der Waals surface area (Å²) >= 11 is 0. The van der Waals surface area contributed by atoms with E-state index in [1.807, 2.05) is 67.7 Å². The highest BCUT2D eigenvalue weighted by atomic mass is 16.5. The maximum atomic E-state index is 12.3. The number of urea groups is 1. The smallest absolute Gasteiger partial charge is 0.321 e. The van der Waals surface area contributed by atoms with Crippen molar-refractivity contribution in [1.29, 1.82) is 0 Å². The van der Waals surface area contributed by atoms with E-state index in [0.29, 0.717) is 19.7 Å². The number of nitrogens with one attached hydrogen (secondary N) is 1. The lowest BCUT2D eigenvalue weighted by Gasteiger charge is -2.38. The number of para-hydroxylation sites is 1. The molecular weight excluding hydrogens is 342 g/mol. The van der Waals surface area contributed by atoms with E-state index < -0.39 is 0 Å². The van der Waals surface area contributed by atoms with E-state index in [2.05, 4.69) is 15.6 Å². The third-order valence-electron chi connectivity index (χ3n) is 4.48. The minimum absolute atomic E-state index is 0.0930. The Morgan fingerprint density at radius 2 is 2.00 bits per heavy atom. The lowest BCUT2D eigenvalue weighted by atomic mass is 10.1. The predicted molar refractivity (Wildman–Crippen MR) is 102 cm³/mol. The van der Waals surface area contributed by atoms with Gasteiger partial charge < -0.3 is 15.0 Å². The van der Waals surface area contributed by atoms with Crippen molar-refractivity contribution in [2.24, 2.45) is 0 Å². The van der Waals surface area contributed by atoms with E-state index in [4.69, 9.17) is 4.74 Å². The number of benzene rings is 2. The van der Waals surface area contributed by atoms with Gasteiger partial charge in [0.25, 0.3) is 0 Å². The topological polar surface area (TPSA) is 72.3 Å². The highest BCUT2D eigenvalue weighted by Gasteiger charge is 2.32. The van der Waals surface area contributed by atoms with E-state index in [0.717, 1.165) is 22.7 Å². The van der Waals surface area contributed by atoms with E-state index in [1.165, 1.54) is 0 Å². The van der Waals surface area contributed by atoms with Crippen LogP contribution in [0.2, 0.25) is 0 Å². The van der Waals surface area contributed by atoms with Gasteiger partial charge in [-0.05, 0) is 36.8 Å². The van der Waals surface area contributed by atoms with Crippen molar-refractivity contribution >= 4 is 11.7 Å². The molecule has 0 radical (unpaired) electrons. The van der Waals surface area contributed by atoms with E-state index in [1.54, 1.807) is 9.58 Å². The summed E-state index contributed by atoms with van der Waals surface area (Å²) in [4.78, 5) is 14.1. The van der Waals surface area contributed by atoms with E-state index in [-0.39, 0.29) is 12.1 Å². The van der Waals surface area contributed by atoms with Gasteiger partial charge in [0.2, 0.25) is 0 Å². The Balaban J connectivity index is 1.27. The molecule has 27 heavy (non-hydrogen) atoms. The number of likely N-dealkylation sites (tertiary alicyclic amines) is 1. The van der Waals surface area contributed by atoms with Crippen molar-refractivity contribution in [2.75, 3.05) is 18.4 Å². The molecule has 1 aliphatic heterocycles. The molecule has 0 aliphatic carbocycles. The number of rotatable bonds is 5. The Morgan fingerprint density at radius 3 is 2.78 bits per heavy atom. The van der Waals surface area contributed by atoms with Crippen molar-refractivity contribution in [2.45, 2.75) is 19.6 Å². The van der Waals surface area contributed by atoms with Crippen LogP contribution in [-0.2, 0) is 6.61 Å². The Kier molecular flexibility index (Phi) is 4.74. The van der Waals surface area contributed by atoms with Crippen LogP contribution < -0.4 is 10.1 Å². The molecule has 0 spiro atoms. The van der Waals surface area contributed by atoms with Gasteiger partial charge in [0, 0.05) is 18.8 Å². The Morgan fingerprint density at radius 1 is 1.19 bits per heavy atom. The van der Waals surface area contributed by atoms with Gasteiger partial charge in [-0.2, -0.15) is 0 Å². The Hall–Kier alpha value is -3.35. The molecule has 1 fully saturated rings. The van der Waals surface area contributed by atoms with Gasteiger partial charge in [0.05, 0.1) is 12.2 Å². The first-order valence-electron chi connectivity index (χ1n) is 8.88. The number of amides is 2.